The predicted octanol–water partition coefficient (Wildman–Crippen LogP) is 1.02. The summed E-state index contributed by atoms with van der Waals surface area (Å²) in [6, 6.07) is 4.12. The van der Waals surface area contributed by atoms with Gasteiger partial charge in [-0.1, -0.05) is 6.07 Å². The lowest BCUT2D eigenvalue weighted by Crippen LogP contribution is -2.28. The van der Waals surface area contributed by atoms with Crippen molar-refractivity contribution >= 4 is 17.2 Å². The van der Waals surface area contributed by atoms with Gasteiger partial charge in [0.1, 0.15) is 0 Å². The Kier molecular flexibility index (Phi) is 5.25. The molecule has 1 rings (SSSR count). The van der Waals surface area contributed by atoms with Gasteiger partial charge in [-0.3, -0.25) is 4.79 Å². The van der Waals surface area contributed by atoms with E-state index in [1.165, 1.54) is 4.88 Å². The maximum atomic E-state index is 11.2. The molecular weight excluding hydrogens is 196 g/mol. The quantitative estimate of drug-likeness (QED) is 0.739. The molecule has 0 saturated carbocycles. The molecule has 78 valence electrons. The molecule has 0 atom stereocenters. The van der Waals surface area contributed by atoms with Crippen molar-refractivity contribution in [3.8, 4) is 0 Å². The van der Waals surface area contributed by atoms with Gasteiger partial charge in [0.2, 0.25) is 5.91 Å². The highest BCUT2D eigenvalue weighted by molar-refractivity contribution is 7.09. The first-order valence-electron chi connectivity index (χ1n) is 4.76. The Labute approximate surface area is 88.5 Å². The van der Waals surface area contributed by atoms with Crippen LogP contribution in [0, 0.1) is 0 Å². The minimum Gasteiger partial charge on any atom is -0.356 e. The fraction of sp³-hybridized carbons (Fsp3) is 0.500. The summed E-state index contributed by atoms with van der Waals surface area (Å²) < 4.78 is 0. The van der Waals surface area contributed by atoms with E-state index in [2.05, 4.69) is 22.1 Å². The van der Waals surface area contributed by atoms with Gasteiger partial charge >= 0.3 is 0 Å². The molecule has 0 fully saturated rings. The topological polar surface area (TPSA) is 41.1 Å². The van der Waals surface area contributed by atoms with Gasteiger partial charge in [0.05, 0.1) is 0 Å². The Balaban J connectivity index is 2.06. The van der Waals surface area contributed by atoms with Gasteiger partial charge < -0.3 is 10.6 Å². The minimum atomic E-state index is 0.121. The van der Waals surface area contributed by atoms with E-state index in [9.17, 15) is 4.79 Å². The Hall–Kier alpha value is -0.870. The monoisotopic (exact) mass is 212 g/mol. The second-order valence-electron chi connectivity index (χ2n) is 3.03. The van der Waals surface area contributed by atoms with Crippen LogP contribution in [-0.2, 0) is 11.2 Å². The van der Waals surface area contributed by atoms with Gasteiger partial charge in [-0.15, -0.1) is 11.3 Å². The summed E-state index contributed by atoms with van der Waals surface area (Å²) in [5.41, 5.74) is 0. The molecular formula is C10H16N2OS. The van der Waals surface area contributed by atoms with E-state index in [4.69, 9.17) is 0 Å². The molecule has 0 aliphatic carbocycles. The van der Waals surface area contributed by atoms with Crippen LogP contribution in [0.15, 0.2) is 17.5 Å². The Morgan fingerprint density at radius 2 is 2.36 bits per heavy atom. The lowest BCUT2D eigenvalue weighted by Gasteiger charge is -2.03. The highest BCUT2D eigenvalue weighted by Crippen LogP contribution is 2.07. The maximum Gasteiger partial charge on any atom is 0.221 e. The average Bonchev–Trinajstić information content (AvgIpc) is 2.67. The number of carbonyl (C=O) groups excluding carboxylic acids is 1. The molecule has 0 radical (unpaired) electrons. The summed E-state index contributed by atoms with van der Waals surface area (Å²) in [7, 11) is 1.85. The summed E-state index contributed by atoms with van der Waals surface area (Å²) in [6.45, 7) is 1.48. The standard InChI is InChI=1S/C10H16N2OS/c1-11-6-5-10(13)12-7-4-9-3-2-8-14-9/h2-3,8,11H,4-7H2,1H3,(H,12,13). The SMILES string of the molecule is CNCCC(=O)NCCc1cccs1. The van der Waals surface area contributed by atoms with E-state index >= 15 is 0 Å². The van der Waals surface area contributed by atoms with Crippen molar-refractivity contribution in [1.82, 2.24) is 10.6 Å². The lowest BCUT2D eigenvalue weighted by atomic mass is 10.3. The van der Waals surface area contributed by atoms with Crippen molar-refractivity contribution in [3.05, 3.63) is 22.4 Å². The summed E-state index contributed by atoms with van der Waals surface area (Å²) in [6.07, 6.45) is 1.49. The number of hydrogen-bond acceptors (Lipinski definition) is 3. The van der Waals surface area contributed by atoms with Crippen LogP contribution in [0.25, 0.3) is 0 Å². The van der Waals surface area contributed by atoms with Crippen LogP contribution in [0.1, 0.15) is 11.3 Å². The molecule has 0 bridgehead atoms. The molecule has 1 heterocycles. The largest absolute Gasteiger partial charge is 0.356 e. The van der Waals surface area contributed by atoms with E-state index in [0.717, 1.165) is 19.5 Å². The van der Waals surface area contributed by atoms with E-state index in [1.54, 1.807) is 11.3 Å². The first-order valence-corrected chi connectivity index (χ1v) is 5.64. The first-order chi connectivity index (χ1) is 6.83. The van der Waals surface area contributed by atoms with Crippen LogP contribution in [0.2, 0.25) is 0 Å². The molecule has 3 nitrogen and oxygen atoms in total. The molecule has 1 aromatic rings. The Morgan fingerprint density at radius 3 is 3.00 bits per heavy atom. The van der Waals surface area contributed by atoms with Crippen molar-refractivity contribution in [1.29, 1.82) is 0 Å². The van der Waals surface area contributed by atoms with Gasteiger partial charge in [-0.25, -0.2) is 0 Å². The predicted molar refractivity (Wildman–Crippen MR) is 59.6 cm³/mol. The highest BCUT2D eigenvalue weighted by Gasteiger charge is 1.99. The van der Waals surface area contributed by atoms with Crippen LogP contribution >= 0.6 is 11.3 Å². The van der Waals surface area contributed by atoms with Crippen molar-refractivity contribution in [2.75, 3.05) is 20.1 Å². The van der Waals surface area contributed by atoms with Gasteiger partial charge in [-0.05, 0) is 24.9 Å². The molecule has 0 saturated heterocycles. The second-order valence-corrected chi connectivity index (χ2v) is 4.07. The summed E-state index contributed by atoms with van der Waals surface area (Å²) >= 11 is 1.73. The Morgan fingerprint density at radius 1 is 1.50 bits per heavy atom. The normalized spacial score (nSPS) is 10.1. The molecule has 0 spiro atoms. The average molecular weight is 212 g/mol. The smallest absolute Gasteiger partial charge is 0.221 e. The van der Waals surface area contributed by atoms with E-state index < -0.39 is 0 Å². The first kappa shape index (κ1) is 11.2. The zero-order chi connectivity index (χ0) is 10.2. The number of carbonyl (C=O) groups is 1. The third-order valence-electron chi connectivity index (χ3n) is 1.88. The van der Waals surface area contributed by atoms with E-state index in [-0.39, 0.29) is 5.91 Å². The van der Waals surface area contributed by atoms with Gasteiger partial charge in [0.25, 0.3) is 0 Å². The molecule has 0 unspecified atom stereocenters. The van der Waals surface area contributed by atoms with Crippen molar-refractivity contribution in [2.45, 2.75) is 12.8 Å². The third-order valence-corrected chi connectivity index (χ3v) is 2.81. The summed E-state index contributed by atoms with van der Waals surface area (Å²) in [5, 5.41) is 7.88. The lowest BCUT2D eigenvalue weighted by molar-refractivity contribution is -0.120. The third kappa shape index (κ3) is 4.39. The molecule has 14 heavy (non-hydrogen) atoms. The molecule has 0 aromatic carbocycles. The van der Waals surface area contributed by atoms with Gasteiger partial charge in [0.15, 0.2) is 0 Å². The number of rotatable bonds is 6. The summed E-state index contributed by atoms with van der Waals surface area (Å²) in [4.78, 5) is 12.5. The van der Waals surface area contributed by atoms with Gasteiger partial charge in [0, 0.05) is 24.4 Å². The van der Waals surface area contributed by atoms with Crippen LogP contribution in [0.4, 0.5) is 0 Å². The molecule has 1 aromatic heterocycles. The maximum absolute atomic E-state index is 11.2. The number of hydrogen-bond donors (Lipinski definition) is 2. The fourth-order valence-electron chi connectivity index (χ4n) is 1.11. The molecule has 0 aliphatic heterocycles. The van der Waals surface area contributed by atoms with Crippen molar-refractivity contribution in [3.63, 3.8) is 0 Å². The highest BCUT2D eigenvalue weighted by atomic mass is 32.1. The summed E-state index contributed by atoms with van der Waals surface area (Å²) in [5.74, 6) is 0.121. The number of nitrogens with one attached hydrogen (secondary N) is 2. The number of amides is 1. The van der Waals surface area contributed by atoms with Crippen LogP contribution in [0.3, 0.4) is 0 Å². The van der Waals surface area contributed by atoms with Crippen molar-refractivity contribution < 1.29 is 4.79 Å². The molecule has 2 N–H and O–H groups in total. The van der Waals surface area contributed by atoms with Crippen LogP contribution in [0.5, 0.6) is 0 Å². The molecule has 1 amide bonds. The second kappa shape index (κ2) is 6.56. The number of thiophene rings is 1. The van der Waals surface area contributed by atoms with E-state index in [1.807, 2.05) is 13.1 Å². The van der Waals surface area contributed by atoms with Gasteiger partial charge in [-0.2, -0.15) is 0 Å². The minimum absolute atomic E-state index is 0.121. The molecule has 4 heteroatoms. The molecule has 0 aliphatic rings. The van der Waals surface area contributed by atoms with E-state index in [0.29, 0.717) is 6.42 Å². The Bertz CT molecular complexity index is 259. The van der Waals surface area contributed by atoms with Crippen LogP contribution in [-0.4, -0.2) is 26.0 Å². The zero-order valence-corrected chi connectivity index (χ0v) is 9.19. The van der Waals surface area contributed by atoms with Crippen LogP contribution < -0.4 is 10.6 Å². The fourth-order valence-corrected chi connectivity index (χ4v) is 1.82. The zero-order valence-electron chi connectivity index (χ0n) is 8.38. The van der Waals surface area contributed by atoms with Crippen molar-refractivity contribution in [2.24, 2.45) is 0 Å².